The van der Waals surface area contributed by atoms with Gasteiger partial charge in [0.1, 0.15) is 5.82 Å². The summed E-state index contributed by atoms with van der Waals surface area (Å²) in [4.78, 5) is 0. The summed E-state index contributed by atoms with van der Waals surface area (Å²) in [6.45, 7) is 2.00. The summed E-state index contributed by atoms with van der Waals surface area (Å²) in [7, 11) is 0. The van der Waals surface area contributed by atoms with Crippen LogP contribution in [-0.2, 0) is 0 Å². The lowest BCUT2D eigenvalue weighted by Crippen LogP contribution is -2.29. The predicted octanol–water partition coefficient (Wildman–Crippen LogP) is 3.34. The maximum absolute atomic E-state index is 13.1. The van der Waals surface area contributed by atoms with Gasteiger partial charge in [0.2, 0.25) is 0 Å². The Labute approximate surface area is 111 Å². The van der Waals surface area contributed by atoms with Crippen molar-refractivity contribution < 1.29 is 4.39 Å². The van der Waals surface area contributed by atoms with Crippen LogP contribution in [0.3, 0.4) is 0 Å². The molecular formula is C14H14ClFN2. The van der Waals surface area contributed by atoms with Crippen LogP contribution in [0.4, 0.5) is 4.39 Å². The lowest BCUT2D eigenvalue weighted by atomic mass is 9.95. The number of hydrazine groups is 1. The molecule has 0 radical (unpaired) electrons. The number of hydrogen-bond acceptors (Lipinski definition) is 2. The van der Waals surface area contributed by atoms with Gasteiger partial charge < -0.3 is 0 Å². The molecule has 1 unspecified atom stereocenters. The third kappa shape index (κ3) is 2.53. The second kappa shape index (κ2) is 5.48. The number of halogens is 2. The minimum absolute atomic E-state index is 0.251. The first kappa shape index (κ1) is 13.0. The monoisotopic (exact) mass is 264 g/mol. The van der Waals surface area contributed by atoms with Gasteiger partial charge in [-0.1, -0.05) is 41.9 Å². The molecule has 0 saturated carbocycles. The topological polar surface area (TPSA) is 38.0 Å². The van der Waals surface area contributed by atoms with Crippen LogP contribution in [0.5, 0.6) is 0 Å². The highest BCUT2D eigenvalue weighted by atomic mass is 35.5. The normalized spacial score (nSPS) is 12.4. The minimum atomic E-state index is -0.357. The highest BCUT2D eigenvalue weighted by Gasteiger charge is 2.17. The number of benzene rings is 2. The fraction of sp³-hybridized carbons (Fsp3) is 0.143. The maximum Gasteiger partial charge on any atom is 0.124 e. The Kier molecular flexibility index (Phi) is 3.97. The van der Waals surface area contributed by atoms with E-state index in [0.29, 0.717) is 5.02 Å². The van der Waals surface area contributed by atoms with Crippen LogP contribution in [0, 0.1) is 12.7 Å². The Morgan fingerprint density at radius 3 is 2.50 bits per heavy atom. The molecule has 18 heavy (non-hydrogen) atoms. The first-order chi connectivity index (χ1) is 8.63. The van der Waals surface area contributed by atoms with E-state index >= 15 is 0 Å². The van der Waals surface area contributed by atoms with Crippen LogP contribution in [0.1, 0.15) is 22.7 Å². The molecule has 0 amide bonds. The summed E-state index contributed by atoms with van der Waals surface area (Å²) >= 11 is 6.07. The number of aryl methyl sites for hydroxylation is 1. The second-order valence-corrected chi connectivity index (χ2v) is 4.53. The number of rotatable bonds is 3. The van der Waals surface area contributed by atoms with E-state index in [2.05, 4.69) is 5.43 Å². The van der Waals surface area contributed by atoms with Crippen molar-refractivity contribution in [3.05, 3.63) is 70.0 Å². The zero-order valence-electron chi connectivity index (χ0n) is 9.95. The van der Waals surface area contributed by atoms with E-state index in [9.17, 15) is 4.39 Å². The predicted molar refractivity (Wildman–Crippen MR) is 71.8 cm³/mol. The fourth-order valence-electron chi connectivity index (χ4n) is 1.99. The lowest BCUT2D eigenvalue weighted by molar-refractivity contribution is 0.614. The average molecular weight is 265 g/mol. The van der Waals surface area contributed by atoms with Crippen LogP contribution < -0.4 is 11.3 Å². The molecule has 4 heteroatoms. The van der Waals surface area contributed by atoms with E-state index in [4.69, 9.17) is 17.4 Å². The van der Waals surface area contributed by atoms with Gasteiger partial charge in [-0.2, -0.15) is 0 Å². The molecule has 0 saturated heterocycles. The molecule has 0 aliphatic rings. The van der Waals surface area contributed by atoms with Crippen molar-refractivity contribution in [3.8, 4) is 0 Å². The fourth-order valence-corrected chi connectivity index (χ4v) is 2.27. The van der Waals surface area contributed by atoms with Gasteiger partial charge in [0.25, 0.3) is 0 Å². The van der Waals surface area contributed by atoms with Crippen LogP contribution in [0.25, 0.3) is 0 Å². The summed E-state index contributed by atoms with van der Waals surface area (Å²) in [6, 6.07) is 11.9. The molecule has 94 valence electrons. The van der Waals surface area contributed by atoms with Gasteiger partial charge in [0.15, 0.2) is 0 Å². The van der Waals surface area contributed by atoms with Crippen molar-refractivity contribution in [1.82, 2.24) is 5.43 Å². The SMILES string of the molecule is Cc1ccccc1C(NN)c1ccc(F)cc1Cl. The standard InChI is InChI=1S/C14H14ClFN2/c1-9-4-2-3-5-11(9)14(18-17)12-7-6-10(16)8-13(12)15/h2-8,14,18H,17H2,1H3. The Bertz CT molecular complexity index is 557. The number of hydrogen-bond donors (Lipinski definition) is 2. The molecule has 2 nitrogen and oxygen atoms in total. The Morgan fingerprint density at radius 1 is 1.17 bits per heavy atom. The van der Waals surface area contributed by atoms with Gasteiger partial charge in [-0.3, -0.25) is 5.84 Å². The van der Waals surface area contributed by atoms with Gasteiger partial charge in [-0.25, -0.2) is 9.82 Å². The first-order valence-corrected chi connectivity index (χ1v) is 5.98. The van der Waals surface area contributed by atoms with E-state index in [1.807, 2.05) is 31.2 Å². The van der Waals surface area contributed by atoms with E-state index < -0.39 is 0 Å². The summed E-state index contributed by atoms with van der Waals surface area (Å²) in [6.07, 6.45) is 0. The van der Waals surface area contributed by atoms with Gasteiger partial charge in [-0.15, -0.1) is 0 Å². The molecule has 0 aromatic heterocycles. The van der Waals surface area contributed by atoms with Crippen molar-refractivity contribution in [2.24, 2.45) is 5.84 Å². The van der Waals surface area contributed by atoms with Gasteiger partial charge in [-0.05, 0) is 35.7 Å². The zero-order valence-corrected chi connectivity index (χ0v) is 10.7. The number of nitrogens with two attached hydrogens (primary N) is 1. The molecule has 0 aliphatic heterocycles. The maximum atomic E-state index is 13.1. The molecule has 0 spiro atoms. The van der Waals surface area contributed by atoms with Crippen LogP contribution >= 0.6 is 11.6 Å². The van der Waals surface area contributed by atoms with E-state index in [-0.39, 0.29) is 11.9 Å². The minimum Gasteiger partial charge on any atom is -0.271 e. The molecule has 3 N–H and O–H groups in total. The highest BCUT2D eigenvalue weighted by molar-refractivity contribution is 6.31. The highest BCUT2D eigenvalue weighted by Crippen LogP contribution is 2.29. The average Bonchev–Trinajstić information content (AvgIpc) is 2.34. The summed E-state index contributed by atoms with van der Waals surface area (Å²) < 4.78 is 13.1. The molecule has 0 bridgehead atoms. The largest absolute Gasteiger partial charge is 0.271 e. The first-order valence-electron chi connectivity index (χ1n) is 5.60. The van der Waals surface area contributed by atoms with E-state index in [1.54, 1.807) is 6.07 Å². The molecular weight excluding hydrogens is 251 g/mol. The van der Waals surface area contributed by atoms with Crippen molar-refractivity contribution in [1.29, 1.82) is 0 Å². The smallest absolute Gasteiger partial charge is 0.124 e. The molecule has 1 atom stereocenters. The molecule has 0 fully saturated rings. The van der Waals surface area contributed by atoms with Crippen molar-refractivity contribution in [2.75, 3.05) is 0 Å². The second-order valence-electron chi connectivity index (χ2n) is 4.12. The Morgan fingerprint density at radius 2 is 1.89 bits per heavy atom. The van der Waals surface area contributed by atoms with Crippen molar-refractivity contribution >= 4 is 11.6 Å². The summed E-state index contributed by atoms with van der Waals surface area (Å²) in [5.41, 5.74) is 5.61. The number of nitrogens with one attached hydrogen (secondary N) is 1. The van der Waals surface area contributed by atoms with Crippen molar-refractivity contribution in [2.45, 2.75) is 13.0 Å². The Hall–Kier alpha value is -1.42. The Balaban J connectivity index is 2.49. The van der Waals surface area contributed by atoms with E-state index in [1.165, 1.54) is 12.1 Å². The van der Waals surface area contributed by atoms with Crippen LogP contribution in [0.2, 0.25) is 5.02 Å². The van der Waals surface area contributed by atoms with E-state index in [0.717, 1.165) is 16.7 Å². The third-order valence-electron chi connectivity index (χ3n) is 2.94. The molecule has 2 rings (SSSR count). The summed E-state index contributed by atoms with van der Waals surface area (Å²) in [5.74, 6) is 5.25. The summed E-state index contributed by atoms with van der Waals surface area (Å²) in [5, 5.41) is 0.362. The zero-order chi connectivity index (χ0) is 13.1. The molecule has 0 heterocycles. The molecule has 2 aromatic rings. The van der Waals surface area contributed by atoms with Gasteiger partial charge in [0, 0.05) is 5.02 Å². The molecule has 0 aliphatic carbocycles. The van der Waals surface area contributed by atoms with Gasteiger partial charge >= 0.3 is 0 Å². The van der Waals surface area contributed by atoms with Crippen LogP contribution in [0.15, 0.2) is 42.5 Å². The quantitative estimate of drug-likeness (QED) is 0.659. The van der Waals surface area contributed by atoms with Crippen molar-refractivity contribution in [3.63, 3.8) is 0 Å². The van der Waals surface area contributed by atoms with Crippen LogP contribution in [-0.4, -0.2) is 0 Å². The lowest BCUT2D eigenvalue weighted by Gasteiger charge is -2.20. The third-order valence-corrected chi connectivity index (χ3v) is 3.27. The van der Waals surface area contributed by atoms with Gasteiger partial charge in [0.05, 0.1) is 6.04 Å². The molecule has 2 aromatic carbocycles.